The number of carbonyl (C=O) groups is 5. The van der Waals surface area contributed by atoms with E-state index in [-0.39, 0.29) is 60.9 Å². The molecule has 1 aliphatic carbocycles. The van der Waals surface area contributed by atoms with E-state index in [1.165, 1.54) is 12.0 Å². The zero-order valence-corrected chi connectivity index (χ0v) is 42.5. The Labute approximate surface area is 408 Å². The Morgan fingerprint density at radius 2 is 1.64 bits per heavy atom. The van der Waals surface area contributed by atoms with Gasteiger partial charge in [-0.05, 0) is 117 Å². The highest BCUT2D eigenvalue weighted by atomic mass is 16.6. The van der Waals surface area contributed by atoms with Gasteiger partial charge in [0, 0.05) is 58.5 Å². The SMILES string of the molecule is COC1CC2CCC(C)C(O)(O2)C(=O)C(=O)N2CCCC[C@H]2C(=O)OC(C(C)C[C@@H]2CCC(n3cnnn3)C(OC)C2)CC(=O)C(C)/C=C(\C)C(O)C(OC)C(=O)C(C)CC(C)/C=C/C=CC=C1C. The van der Waals surface area contributed by atoms with Crippen LogP contribution < -0.4 is 0 Å². The van der Waals surface area contributed by atoms with E-state index in [0.717, 1.165) is 18.4 Å². The first-order valence-electron chi connectivity index (χ1n) is 25.0. The Morgan fingerprint density at radius 3 is 2.32 bits per heavy atom. The Hall–Kier alpha value is -4.26. The van der Waals surface area contributed by atoms with E-state index in [2.05, 4.69) is 15.5 Å². The third kappa shape index (κ3) is 14.2. The minimum Gasteiger partial charge on any atom is -0.460 e. The predicted octanol–water partition coefficient (Wildman–Crippen LogP) is 6.05. The number of ether oxygens (including phenoxy) is 5. The number of carbonyl (C=O) groups excluding carboxylic acids is 5. The van der Waals surface area contributed by atoms with Gasteiger partial charge in [0.2, 0.25) is 5.79 Å². The number of fused-ring (bicyclic) bond motifs is 3. The van der Waals surface area contributed by atoms with Crippen LogP contribution in [0.5, 0.6) is 0 Å². The quantitative estimate of drug-likeness (QED) is 0.181. The number of nitrogens with zero attached hydrogens (tertiary/aromatic N) is 5. The zero-order valence-electron chi connectivity index (χ0n) is 42.5. The number of cyclic esters (lactones) is 1. The van der Waals surface area contributed by atoms with Gasteiger partial charge in [-0.2, -0.15) is 0 Å². The molecule has 2 saturated heterocycles. The molecule has 13 unspecified atom stereocenters. The molecule has 17 heteroatoms. The lowest BCUT2D eigenvalue weighted by Gasteiger charge is -2.42. The minimum atomic E-state index is -2.43. The molecule has 3 aliphatic heterocycles. The number of amides is 1. The van der Waals surface area contributed by atoms with Gasteiger partial charge in [-0.25, -0.2) is 9.48 Å². The van der Waals surface area contributed by atoms with Crippen molar-refractivity contribution in [1.82, 2.24) is 25.1 Å². The van der Waals surface area contributed by atoms with Crippen molar-refractivity contribution < 1.29 is 57.9 Å². The van der Waals surface area contributed by atoms with Crippen LogP contribution in [0, 0.1) is 35.5 Å². The topological polar surface area (TPSA) is 219 Å². The van der Waals surface area contributed by atoms with Gasteiger partial charge < -0.3 is 38.8 Å². The lowest BCUT2D eigenvalue weighted by Crippen LogP contribution is -2.61. The molecule has 3 fully saturated rings. The van der Waals surface area contributed by atoms with Crippen LogP contribution in [0.2, 0.25) is 0 Å². The molecule has 2 bridgehead atoms. The van der Waals surface area contributed by atoms with E-state index in [1.807, 2.05) is 58.1 Å². The fourth-order valence-electron chi connectivity index (χ4n) is 10.7. The standard InChI is InChI=1S/C52H79N5O12/c1-31-16-12-11-13-17-32(2)43(65-8)28-39-21-19-37(7)52(64,69-39)49(61)50(62)56-23-15-14-18-41(56)51(63)68-44(34(4)26-38-20-22-40(45(27-38)66-9)57-30-53-54-55-57)29-42(58)33(3)25-36(6)47(60)48(67-10)46(59)35(5)24-31/h11-13,16-17,25,30-31,33-35,37-41,43-45,47-48,60,64H,14-15,18-24,26-29H2,1-10H3/b13-11?,16-12+,32-17?,36-25+/t31?,33?,34?,35?,37?,38-,39?,40?,41-,43?,44?,45?,47?,48?,52?/m0/s1. The maximum Gasteiger partial charge on any atom is 0.329 e. The van der Waals surface area contributed by atoms with E-state index in [0.29, 0.717) is 56.9 Å². The molecule has 0 spiro atoms. The molecule has 15 atom stereocenters. The van der Waals surface area contributed by atoms with Gasteiger partial charge in [0.15, 0.2) is 5.78 Å². The molecule has 69 heavy (non-hydrogen) atoms. The van der Waals surface area contributed by atoms with Crippen LogP contribution in [0.3, 0.4) is 0 Å². The second-order valence-electron chi connectivity index (χ2n) is 20.4. The van der Waals surface area contributed by atoms with Crippen molar-refractivity contribution in [2.75, 3.05) is 27.9 Å². The second-order valence-corrected chi connectivity index (χ2v) is 20.4. The number of aliphatic hydroxyl groups is 2. The van der Waals surface area contributed by atoms with Crippen molar-refractivity contribution in [2.24, 2.45) is 35.5 Å². The average molecular weight is 966 g/mol. The first-order valence-corrected chi connectivity index (χ1v) is 25.0. The van der Waals surface area contributed by atoms with Crippen LogP contribution >= 0.6 is 0 Å². The number of rotatable bonds is 7. The summed E-state index contributed by atoms with van der Waals surface area (Å²) in [5.41, 5.74) is 1.27. The van der Waals surface area contributed by atoms with Crippen LogP contribution in [-0.4, -0.2) is 141 Å². The third-order valence-electron chi connectivity index (χ3n) is 15.2. The first kappa shape index (κ1) is 55.7. The predicted molar refractivity (Wildman–Crippen MR) is 256 cm³/mol. The molecule has 2 N–H and O–H groups in total. The van der Waals surface area contributed by atoms with Crippen molar-refractivity contribution in [3.05, 3.63) is 53.9 Å². The van der Waals surface area contributed by atoms with E-state index >= 15 is 0 Å². The Kier molecular flexibility index (Phi) is 20.8. The van der Waals surface area contributed by atoms with Gasteiger partial charge in [0.05, 0.1) is 24.4 Å². The molecule has 0 radical (unpaired) electrons. The number of tetrazole rings is 1. The molecule has 0 aromatic carbocycles. The maximum absolute atomic E-state index is 14.5. The highest BCUT2D eigenvalue weighted by Gasteiger charge is 2.53. The Morgan fingerprint density at radius 1 is 0.884 bits per heavy atom. The third-order valence-corrected chi connectivity index (χ3v) is 15.2. The summed E-state index contributed by atoms with van der Waals surface area (Å²) in [6.45, 7) is 12.8. The normalized spacial score (nSPS) is 37.5. The molecule has 1 saturated carbocycles. The van der Waals surface area contributed by atoms with Gasteiger partial charge in [0.1, 0.15) is 36.5 Å². The molecule has 17 nitrogen and oxygen atoms in total. The summed E-state index contributed by atoms with van der Waals surface area (Å²) >= 11 is 0. The molecule has 4 aliphatic rings. The summed E-state index contributed by atoms with van der Waals surface area (Å²) in [6, 6.07) is -1.19. The van der Waals surface area contributed by atoms with E-state index in [1.54, 1.807) is 52.1 Å². The van der Waals surface area contributed by atoms with Crippen LogP contribution in [0.25, 0.3) is 0 Å². The number of methoxy groups -OCH3 is 3. The van der Waals surface area contributed by atoms with Gasteiger partial charge in [-0.15, -0.1) is 5.10 Å². The number of aliphatic hydroxyl groups excluding tert-OH is 1. The summed E-state index contributed by atoms with van der Waals surface area (Å²) in [5, 5.41) is 35.2. The fraction of sp³-hybridized carbons (Fsp3) is 0.731. The molecule has 4 heterocycles. The molecular formula is C52H79N5O12. The fourth-order valence-corrected chi connectivity index (χ4v) is 10.7. The van der Waals surface area contributed by atoms with Gasteiger partial charge in [-0.1, -0.05) is 71.1 Å². The van der Waals surface area contributed by atoms with Crippen molar-refractivity contribution in [2.45, 2.75) is 180 Å². The van der Waals surface area contributed by atoms with E-state index < -0.39 is 77.8 Å². The number of hydrogen-bond donors (Lipinski definition) is 2. The van der Waals surface area contributed by atoms with Crippen LogP contribution in [0.15, 0.2) is 53.9 Å². The number of esters is 1. The minimum absolute atomic E-state index is 0.0170. The number of aromatic nitrogens is 4. The number of ketones is 3. The summed E-state index contributed by atoms with van der Waals surface area (Å²) in [4.78, 5) is 72.3. The van der Waals surface area contributed by atoms with E-state index in [9.17, 15) is 34.2 Å². The summed E-state index contributed by atoms with van der Waals surface area (Å²) < 4.78 is 31.6. The van der Waals surface area contributed by atoms with E-state index in [4.69, 9.17) is 23.7 Å². The lowest BCUT2D eigenvalue weighted by atomic mass is 9.77. The molecule has 384 valence electrons. The van der Waals surface area contributed by atoms with Crippen molar-refractivity contribution in [3.8, 4) is 0 Å². The number of allylic oxidation sites excluding steroid dienone is 6. The van der Waals surface area contributed by atoms with Gasteiger partial charge in [-0.3, -0.25) is 19.2 Å². The molecule has 5 rings (SSSR count). The number of Topliss-reactive ketones (excluding diaryl/α,β-unsaturated/α-hetero) is 3. The summed E-state index contributed by atoms with van der Waals surface area (Å²) in [7, 11) is 4.62. The van der Waals surface area contributed by atoms with Gasteiger partial charge >= 0.3 is 5.97 Å². The van der Waals surface area contributed by atoms with Crippen molar-refractivity contribution >= 4 is 29.2 Å². The van der Waals surface area contributed by atoms with Crippen LogP contribution in [0.4, 0.5) is 0 Å². The monoisotopic (exact) mass is 966 g/mol. The van der Waals surface area contributed by atoms with Crippen LogP contribution in [0.1, 0.15) is 132 Å². The molecule has 1 amide bonds. The Balaban J connectivity index is 1.46. The zero-order chi connectivity index (χ0) is 50.6. The van der Waals surface area contributed by atoms with Gasteiger partial charge in [0.25, 0.3) is 11.7 Å². The summed E-state index contributed by atoms with van der Waals surface area (Å²) in [6.07, 6.45) is 13.9. The van der Waals surface area contributed by atoms with Crippen LogP contribution in [-0.2, 0) is 47.7 Å². The Bertz CT molecular complexity index is 2020. The molecule has 1 aromatic rings. The average Bonchev–Trinajstić information content (AvgIpc) is 3.88. The first-order chi connectivity index (χ1) is 32.8. The molecule has 1 aromatic heterocycles. The van der Waals surface area contributed by atoms with Crippen molar-refractivity contribution in [1.29, 1.82) is 0 Å². The second kappa shape index (κ2) is 25.7. The molecular weight excluding hydrogens is 887 g/mol. The highest BCUT2D eigenvalue weighted by Crippen LogP contribution is 2.39. The largest absolute Gasteiger partial charge is 0.460 e. The number of piperidine rings is 1. The smallest absolute Gasteiger partial charge is 0.329 e. The lowest BCUT2D eigenvalue weighted by molar-refractivity contribution is -0.265. The highest BCUT2D eigenvalue weighted by molar-refractivity contribution is 6.39. The summed E-state index contributed by atoms with van der Waals surface area (Å²) in [5.74, 6) is -7.92. The van der Waals surface area contributed by atoms with Crippen molar-refractivity contribution in [3.63, 3.8) is 0 Å². The maximum atomic E-state index is 14.5. The number of hydrogen-bond acceptors (Lipinski definition) is 15.